The summed E-state index contributed by atoms with van der Waals surface area (Å²) in [7, 11) is 1.81. The van der Waals surface area contributed by atoms with Crippen molar-refractivity contribution in [1.82, 2.24) is 15.1 Å². The summed E-state index contributed by atoms with van der Waals surface area (Å²) in [5.41, 5.74) is 0.158. The fourth-order valence-electron chi connectivity index (χ4n) is 2.66. The van der Waals surface area contributed by atoms with Gasteiger partial charge in [0.25, 0.3) is 5.91 Å². The van der Waals surface area contributed by atoms with Gasteiger partial charge in [-0.2, -0.15) is 5.10 Å². The molecule has 3 aromatic rings. The van der Waals surface area contributed by atoms with Gasteiger partial charge in [0.15, 0.2) is 5.60 Å². The maximum atomic E-state index is 12.9. The lowest BCUT2D eigenvalue weighted by molar-refractivity contribution is -0.136. The van der Waals surface area contributed by atoms with Gasteiger partial charge in [0.2, 0.25) is 0 Å². The summed E-state index contributed by atoms with van der Waals surface area (Å²) in [5.74, 6) is -0.471. The first-order valence-corrected chi connectivity index (χ1v) is 7.71. The SMILES string of the molecule is Cn1nccc1CNC(=O)C(O)(c1ccccc1)c1ccccc1. The molecule has 0 saturated heterocycles. The number of nitrogens with zero attached hydrogens (tertiary/aromatic N) is 2. The lowest BCUT2D eigenvalue weighted by atomic mass is 9.85. The molecule has 2 N–H and O–H groups in total. The van der Waals surface area contributed by atoms with Crippen molar-refractivity contribution in [1.29, 1.82) is 0 Å². The van der Waals surface area contributed by atoms with Gasteiger partial charge in [0.1, 0.15) is 0 Å². The van der Waals surface area contributed by atoms with Gasteiger partial charge in [-0.25, -0.2) is 0 Å². The third kappa shape index (κ3) is 2.94. The van der Waals surface area contributed by atoms with Crippen LogP contribution in [0.25, 0.3) is 0 Å². The summed E-state index contributed by atoms with van der Waals surface area (Å²) in [4.78, 5) is 12.9. The van der Waals surface area contributed by atoms with Crippen molar-refractivity contribution in [2.45, 2.75) is 12.1 Å². The second-order valence-electron chi connectivity index (χ2n) is 5.57. The van der Waals surface area contributed by atoms with Crippen LogP contribution in [0.4, 0.5) is 0 Å². The van der Waals surface area contributed by atoms with Gasteiger partial charge in [-0.1, -0.05) is 60.7 Å². The molecular weight excluding hydrogens is 302 g/mol. The van der Waals surface area contributed by atoms with E-state index in [1.54, 1.807) is 59.4 Å². The number of rotatable bonds is 5. The Morgan fingerprint density at radius 1 is 1.04 bits per heavy atom. The summed E-state index contributed by atoms with van der Waals surface area (Å²) in [5, 5.41) is 18.2. The van der Waals surface area contributed by atoms with Gasteiger partial charge >= 0.3 is 0 Å². The lowest BCUT2D eigenvalue weighted by Crippen LogP contribution is -2.45. The second-order valence-corrected chi connectivity index (χ2v) is 5.57. The minimum absolute atomic E-state index is 0.289. The van der Waals surface area contributed by atoms with Crippen molar-refractivity contribution >= 4 is 5.91 Å². The number of carbonyl (C=O) groups is 1. The van der Waals surface area contributed by atoms with Crippen molar-refractivity contribution in [3.63, 3.8) is 0 Å². The highest BCUT2D eigenvalue weighted by Crippen LogP contribution is 2.29. The van der Waals surface area contributed by atoms with Crippen LogP contribution in [-0.2, 0) is 24.0 Å². The molecule has 5 heteroatoms. The van der Waals surface area contributed by atoms with E-state index in [9.17, 15) is 9.90 Å². The number of hydrogen-bond donors (Lipinski definition) is 2. The fraction of sp³-hybridized carbons (Fsp3) is 0.158. The number of hydrogen-bond acceptors (Lipinski definition) is 3. The Bertz CT molecular complexity index is 773. The number of amides is 1. The molecule has 122 valence electrons. The van der Waals surface area contributed by atoms with Crippen LogP contribution in [0.15, 0.2) is 72.9 Å². The third-order valence-corrected chi connectivity index (χ3v) is 4.06. The van der Waals surface area contributed by atoms with Crippen LogP contribution in [0, 0.1) is 0 Å². The molecule has 24 heavy (non-hydrogen) atoms. The van der Waals surface area contributed by atoms with Crippen molar-refractivity contribution in [2.24, 2.45) is 7.05 Å². The van der Waals surface area contributed by atoms with Crippen LogP contribution in [0.1, 0.15) is 16.8 Å². The van der Waals surface area contributed by atoms with Crippen molar-refractivity contribution in [3.8, 4) is 0 Å². The van der Waals surface area contributed by atoms with Crippen LogP contribution < -0.4 is 5.32 Å². The number of aliphatic hydroxyl groups is 1. The number of carbonyl (C=O) groups excluding carboxylic acids is 1. The van der Waals surface area contributed by atoms with Gasteiger partial charge in [-0.05, 0) is 17.2 Å². The molecule has 0 unspecified atom stereocenters. The molecule has 0 aliphatic heterocycles. The Morgan fingerprint density at radius 3 is 2.04 bits per heavy atom. The van der Waals surface area contributed by atoms with E-state index in [2.05, 4.69) is 10.4 Å². The van der Waals surface area contributed by atoms with Crippen LogP contribution >= 0.6 is 0 Å². The summed E-state index contributed by atoms with van der Waals surface area (Å²) in [6, 6.07) is 19.7. The van der Waals surface area contributed by atoms with Crippen molar-refractivity contribution in [2.75, 3.05) is 0 Å². The minimum Gasteiger partial charge on any atom is -0.372 e. The highest BCUT2D eigenvalue weighted by molar-refractivity contribution is 5.90. The van der Waals surface area contributed by atoms with E-state index in [1.807, 2.05) is 25.2 Å². The zero-order valence-corrected chi connectivity index (χ0v) is 13.4. The Kier molecular flexibility index (Phi) is 4.44. The van der Waals surface area contributed by atoms with Crippen LogP contribution in [0.3, 0.4) is 0 Å². The maximum Gasteiger partial charge on any atom is 0.261 e. The highest BCUT2D eigenvalue weighted by atomic mass is 16.3. The summed E-state index contributed by atoms with van der Waals surface area (Å²) >= 11 is 0. The van der Waals surface area contributed by atoms with E-state index >= 15 is 0 Å². The number of nitrogens with one attached hydrogen (secondary N) is 1. The van der Waals surface area contributed by atoms with Gasteiger partial charge in [-0.15, -0.1) is 0 Å². The van der Waals surface area contributed by atoms with Gasteiger partial charge in [-0.3, -0.25) is 9.48 Å². The lowest BCUT2D eigenvalue weighted by Gasteiger charge is -2.28. The Balaban J connectivity index is 1.93. The topological polar surface area (TPSA) is 67.2 Å². The summed E-state index contributed by atoms with van der Waals surface area (Å²) in [6.45, 7) is 0.289. The van der Waals surface area contributed by atoms with E-state index in [0.29, 0.717) is 11.1 Å². The molecule has 0 spiro atoms. The molecular formula is C19H19N3O2. The quantitative estimate of drug-likeness (QED) is 0.755. The van der Waals surface area contributed by atoms with E-state index in [4.69, 9.17) is 0 Å². The molecule has 0 fully saturated rings. The minimum atomic E-state index is -1.75. The second kappa shape index (κ2) is 6.68. The predicted octanol–water partition coefficient (Wildman–Crippen LogP) is 1.97. The standard InChI is InChI=1S/C19H19N3O2/c1-22-17(12-13-21-22)14-20-18(23)19(24,15-8-4-2-5-9-15)16-10-6-3-7-11-16/h2-13,24H,14H2,1H3,(H,20,23). The molecule has 1 heterocycles. The highest BCUT2D eigenvalue weighted by Gasteiger charge is 2.39. The number of aromatic nitrogens is 2. The molecule has 3 rings (SSSR count). The van der Waals surface area contributed by atoms with Crippen molar-refractivity contribution < 1.29 is 9.90 Å². The van der Waals surface area contributed by atoms with Gasteiger partial charge in [0, 0.05) is 13.2 Å². The average Bonchev–Trinajstić information content (AvgIpc) is 3.05. The molecule has 2 aromatic carbocycles. The van der Waals surface area contributed by atoms with Crippen LogP contribution in [0.2, 0.25) is 0 Å². The molecule has 0 bridgehead atoms. The molecule has 0 saturated carbocycles. The van der Waals surface area contributed by atoms with E-state index in [1.165, 1.54) is 0 Å². The fourth-order valence-corrected chi connectivity index (χ4v) is 2.66. The van der Waals surface area contributed by atoms with Crippen molar-refractivity contribution in [3.05, 3.63) is 89.7 Å². The van der Waals surface area contributed by atoms with Crippen LogP contribution in [-0.4, -0.2) is 20.8 Å². The molecule has 0 radical (unpaired) electrons. The van der Waals surface area contributed by atoms with Crippen LogP contribution in [0.5, 0.6) is 0 Å². The number of aryl methyl sites for hydroxylation is 1. The first kappa shape index (κ1) is 16.0. The summed E-state index contributed by atoms with van der Waals surface area (Å²) < 4.78 is 1.68. The van der Waals surface area contributed by atoms with E-state index in [0.717, 1.165) is 5.69 Å². The largest absolute Gasteiger partial charge is 0.372 e. The van der Waals surface area contributed by atoms with E-state index in [-0.39, 0.29) is 6.54 Å². The third-order valence-electron chi connectivity index (χ3n) is 4.06. The maximum absolute atomic E-state index is 12.9. The van der Waals surface area contributed by atoms with Gasteiger partial charge < -0.3 is 10.4 Å². The predicted molar refractivity (Wildman–Crippen MR) is 90.9 cm³/mol. The Labute approximate surface area is 140 Å². The average molecular weight is 321 g/mol. The molecule has 0 aliphatic rings. The molecule has 5 nitrogen and oxygen atoms in total. The van der Waals surface area contributed by atoms with Gasteiger partial charge in [0.05, 0.1) is 12.2 Å². The van der Waals surface area contributed by atoms with E-state index < -0.39 is 11.5 Å². The Morgan fingerprint density at radius 2 is 1.58 bits per heavy atom. The molecule has 1 amide bonds. The Hall–Kier alpha value is -2.92. The zero-order valence-electron chi connectivity index (χ0n) is 13.4. The number of benzene rings is 2. The first-order chi connectivity index (χ1) is 11.6. The normalized spacial score (nSPS) is 11.2. The monoisotopic (exact) mass is 321 g/mol. The molecule has 0 atom stereocenters. The summed E-state index contributed by atoms with van der Waals surface area (Å²) in [6.07, 6.45) is 1.67. The smallest absolute Gasteiger partial charge is 0.261 e. The molecule has 0 aliphatic carbocycles. The first-order valence-electron chi connectivity index (χ1n) is 7.71. The zero-order chi connectivity index (χ0) is 17.0. The molecule has 1 aromatic heterocycles.